The van der Waals surface area contributed by atoms with E-state index in [-0.39, 0.29) is 0 Å². The van der Waals surface area contributed by atoms with E-state index < -0.39 is 0 Å². The third kappa shape index (κ3) is 7.61. The Morgan fingerprint density at radius 1 is 0.282 bits per heavy atom. The fraction of sp³-hybridized carbons (Fsp3) is 0. The van der Waals surface area contributed by atoms with Gasteiger partial charge in [-0.3, -0.25) is 0 Å². The van der Waals surface area contributed by atoms with E-state index in [0.717, 1.165) is 105 Å². The smallest absolute Gasteiger partial charge is 0.0998 e. The number of nitriles is 5. The van der Waals surface area contributed by atoms with Crippen molar-refractivity contribution < 1.29 is 0 Å². The maximum absolute atomic E-state index is 11.2. The molecular formula is C70H38N8. The molecule has 358 valence electrons. The van der Waals surface area contributed by atoms with E-state index in [1.165, 1.54) is 0 Å². The Balaban J connectivity index is 1.17. The van der Waals surface area contributed by atoms with E-state index >= 15 is 0 Å². The van der Waals surface area contributed by atoms with Crippen molar-refractivity contribution in [3.63, 3.8) is 0 Å². The summed E-state index contributed by atoms with van der Waals surface area (Å²) >= 11 is 0. The summed E-state index contributed by atoms with van der Waals surface area (Å²) in [4.78, 5) is 5.49. The summed E-state index contributed by atoms with van der Waals surface area (Å²) in [7, 11) is 0. The van der Waals surface area contributed by atoms with E-state index in [0.29, 0.717) is 44.9 Å². The molecule has 0 radical (unpaired) electrons. The highest BCUT2D eigenvalue weighted by Crippen LogP contribution is 2.46. The van der Waals surface area contributed by atoms with E-state index in [4.69, 9.17) is 4.98 Å². The van der Waals surface area contributed by atoms with E-state index in [9.17, 15) is 26.3 Å². The number of hydrogen-bond acceptors (Lipinski definition) is 6. The zero-order valence-electron chi connectivity index (χ0n) is 41.5. The first-order valence-electron chi connectivity index (χ1n) is 25.2. The van der Waals surface area contributed by atoms with Crippen LogP contribution in [0.5, 0.6) is 0 Å². The summed E-state index contributed by atoms with van der Waals surface area (Å²) in [5.74, 6) is 0. The van der Waals surface area contributed by atoms with Gasteiger partial charge in [-0.25, -0.2) is 4.98 Å². The first-order valence-corrected chi connectivity index (χ1v) is 25.2. The molecule has 0 amide bonds. The molecule has 78 heavy (non-hydrogen) atoms. The minimum absolute atomic E-state index is 0.409. The van der Waals surface area contributed by atoms with Gasteiger partial charge in [-0.1, -0.05) is 133 Å². The molecule has 0 spiro atoms. The van der Waals surface area contributed by atoms with Crippen LogP contribution in [0.1, 0.15) is 27.8 Å². The molecule has 0 fully saturated rings. The standard InChI is InChI=1S/C70H38N8/c71-39-44-33-68(77-64-29-25-46(54-19-8-4-15-50(54)40-72)35-58(64)59-36-47(26-30-65(59)77)55-20-9-5-16-51(55)41-73)70(63-24-12-23-62(76-63)45-13-2-1-3-14-45)69(34-44)78-66-31-27-48(56-21-10-6-17-52(56)42-74)37-60(66)61-38-49(28-32-67(61)78)57-22-11-7-18-53(57)43-75/h1-38H. The van der Waals surface area contributed by atoms with Crippen molar-refractivity contribution >= 4 is 43.6 Å². The normalized spacial score (nSPS) is 11.0. The van der Waals surface area contributed by atoms with E-state index in [1.807, 2.05) is 182 Å². The Bertz CT molecular complexity index is 4380. The van der Waals surface area contributed by atoms with Gasteiger partial charge in [0, 0.05) is 32.7 Å². The van der Waals surface area contributed by atoms with Crippen molar-refractivity contribution in [2.45, 2.75) is 0 Å². The van der Waals surface area contributed by atoms with Gasteiger partial charge < -0.3 is 9.13 Å². The predicted molar refractivity (Wildman–Crippen MR) is 309 cm³/mol. The van der Waals surface area contributed by atoms with Gasteiger partial charge in [0.25, 0.3) is 0 Å². The Morgan fingerprint density at radius 2 is 0.615 bits per heavy atom. The second-order valence-corrected chi connectivity index (χ2v) is 19.0. The molecule has 0 bridgehead atoms. The van der Waals surface area contributed by atoms with Crippen LogP contribution in [0.25, 0.3) is 122 Å². The highest BCUT2D eigenvalue weighted by molar-refractivity contribution is 6.14. The minimum atomic E-state index is 0.409. The van der Waals surface area contributed by atoms with Gasteiger partial charge >= 0.3 is 0 Å². The fourth-order valence-electron chi connectivity index (χ4n) is 11.2. The van der Waals surface area contributed by atoms with Crippen LogP contribution >= 0.6 is 0 Å². The van der Waals surface area contributed by atoms with E-state index in [1.54, 1.807) is 0 Å². The lowest BCUT2D eigenvalue weighted by molar-refractivity contribution is 1.12. The number of hydrogen-bond donors (Lipinski definition) is 0. The first-order chi connectivity index (χ1) is 38.5. The van der Waals surface area contributed by atoms with Gasteiger partial charge in [0.2, 0.25) is 0 Å². The lowest BCUT2D eigenvalue weighted by Gasteiger charge is -2.21. The van der Waals surface area contributed by atoms with Gasteiger partial charge in [-0.15, -0.1) is 0 Å². The highest BCUT2D eigenvalue weighted by atomic mass is 15.0. The zero-order chi connectivity index (χ0) is 52.9. The second kappa shape index (κ2) is 19.0. The Labute approximate surface area is 448 Å². The SMILES string of the molecule is N#Cc1cc(-n2c3ccc(-c4ccccc4C#N)cc3c3cc(-c4ccccc4C#N)ccc32)c(-c2cccc(-c3ccccc3)n2)c(-n2c3ccc(-c4ccccc4C#N)cc3c3cc(-c4ccccc4C#N)ccc32)c1. The van der Waals surface area contributed by atoms with Gasteiger partial charge in [0.15, 0.2) is 0 Å². The minimum Gasteiger partial charge on any atom is -0.308 e. The van der Waals surface area contributed by atoms with Crippen LogP contribution in [0.2, 0.25) is 0 Å². The van der Waals surface area contributed by atoms with Crippen LogP contribution in [0.4, 0.5) is 0 Å². The quantitative estimate of drug-likeness (QED) is 0.148. The van der Waals surface area contributed by atoms with Crippen molar-refractivity contribution in [3.05, 3.63) is 258 Å². The zero-order valence-corrected chi connectivity index (χ0v) is 41.5. The third-order valence-electron chi connectivity index (χ3n) is 14.7. The van der Waals surface area contributed by atoms with Gasteiger partial charge in [0.05, 0.1) is 103 Å². The summed E-state index contributed by atoms with van der Waals surface area (Å²) in [6.45, 7) is 0. The molecule has 0 N–H and O–H groups in total. The lowest BCUT2D eigenvalue weighted by atomic mass is 9.96. The van der Waals surface area contributed by atoms with Crippen LogP contribution in [-0.4, -0.2) is 14.1 Å². The summed E-state index contributed by atoms with van der Waals surface area (Å²) < 4.78 is 4.42. The number of benzene rings is 10. The monoisotopic (exact) mass is 990 g/mol. The Morgan fingerprint density at radius 3 is 0.962 bits per heavy atom. The molecule has 0 saturated heterocycles. The third-order valence-corrected chi connectivity index (χ3v) is 14.7. The predicted octanol–water partition coefficient (Wildman–Crippen LogP) is 16.6. The van der Waals surface area contributed by atoms with Crippen LogP contribution < -0.4 is 0 Å². The van der Waals surface area contributed by atoms with Crippen molar-refractivity contribution in [2.75, 3.05) is 0 Å². The topological polar surface area (TPSA) is 142 Å². The molecule has 0 aliphatic rings. The van der Waals surface area contributed by atoms with Gasteiger partial charge in [0.1, 0.15) is 0 Å². The van der Waals surface area contributed by atoms with E-state index in [2.05, 4.69) is 88.0 Å². The average Bonchev–Trinajstić information content (AvgIpc) is 4.03. The second-order valence-electron chi connectivity index (χ2n) is 19.0. The largest absolute Gasteiger partial charge is 0.308 e. The van der Waals surface area contributed by atoms with Crippen LogP contribution in [0.15, 0.2) is 231 Å². The maximum Gasteiger partial charge on any atom is 0.0998 e. The number of fused-ring (bicyclic) bond motifs is 6. The molecule has 13 rings (SSSR count). The van der Waals surface area contributed by atoms with Crippen molar-refractivity contribution in [2.24, 2.45) is 0 Å². The van der Waals surface area contributed by atoms with Crippen LogP contribution in [0, 0.1) is 56.7 Å². The number of nitrogens with zero attached hydrogens (tertiary/aromatic N) is 8. The Kier molecular flexibility index (Phi) is 11.3. The molecule has 13 aromatic rings. The summed E-state index contributed by atoms with van der Waals surface area (Å²) in [6.07, 6.45) is 0. The molecule has 8 heteroatoms. The number of rotatable bonds is 8. The average molecular weight is 991 g/mol. The number of pyridine rings is 1. The fourth-order valence-corrected chi connectivity index (χ4v) is 11.2. The summed E-state index contributed by atoms with van der Waals surface area (Å²) in [5, 5.41) is 56.0. The molecule has 3 heterocycles. The molecule has 10 aromatic carbocycles. The van der Waals surface area contributed by atoms with Crippen molar-refractivity contribution in [3.8, 4) is 109 Å². The maximum atomic E-state index is 11.2. The molecule has 0 unspecified atom stereocenters. The molecule has 0 aliphatic heterocycles. The van der Waals surface area contributed by atoms with Gasteiger partial charge in [-0.05, 0) is 142 Å². The van der Waals surface area contributed by atoms with Crippen molar-refractivity contribution in [1.82, 2.24) is 14.1 Å². The molecule has 0 atom stereocenters. The lowest BCUT2D eigenvalue weighted by Crippen LogP contribution is -2.06. The summed E-state index contributed by atoms with van der Waals surface area (Å²) in [5.41, 5.74) is 17.2. The molecular weight excluding hydrogens is 953 g/mol. The van der Waals surface area contributed by atoms with Crippen LogP contribution in [-0.2, 0) is 0 Å². The summed E-state index contributed by atoms with van der Waals surface area (Å²) in [6, 6.07) is 87.4. The highest BCUT2D eigenvalue weighted by Gasteiger charge is 2.26. The molecule has 0 saturated carbocycles. The number of aromatic nitrogens is 3. The molecule has 3 aromatic heterocycles. The Hall–Kier alpha value is -11.6. The van der Waals surface area contributed by atoms with Crippen LogP contribution in [0.3, 0.4) is 0 Å². The molecule has 0 aliphatic carbocycles. The first kappa shape index (κ1) is 46.2. The molecule has 8 nitrogen and oxygen atoms in total. The van der Waals surface area contributed by atoms with Gasteiger partial charge in [-0.2, -0.15) is 26.3 Å². The van der Waals surface area contributed by atoms with Crippen molar-refractivity contribution in [1.29, 1.82) is 26.3 Å².